The van der Waals surface area contributed by atoms with Gasteiger partial charge in [-0.2, -0.15) is 0 Å². The fraction of sp³-hybridized carbons (Fsp3) is 0.400. The molecule has 0 aromatic carbocycles. The summed E-state index contributed by atoms with van der Waals surface area (Å²) in [5.74, 6) is 1.67. The van der Waals surface area contributed by atoms with Crippen LogP contribution in [0.15, 0.2) is 24.5 Å². The predicted octanol–water partition coefficient (Wildman–Crippen LogP) is 2.88. The lowest BCUT2D eigenvalue weighted by Crippen LogP contribution is -2.36. The van der Waals surface area contributed by atoms with E-state index in [0.29, 0.717) is 25.6 Å². The maximum absolute atomic E-state index is 11.7. The highest BCUT2D eigenvalue weighted by atomic mass is 32.1. The summed E-state index contributed by atoms with van der Waals surface area (Å²) in [6, 6.07) is 3.87. The summed E-state index contributed by atoms with van der Waals surface area (Å²) in [4.78, 5) is 30.8. The molecule has 146 valence electrons. The number of nitrogens with zero attached hydrogens (tertiary/aromatic N) is 5. The van der Waals surface area contributed by atoms with Crippen LogP contribution in [0.2, 0.25) is 0 Å². The van der Waals surface area contributed by atoms with Crippen molar-refractivity contribution in [3.05, 3.63) is 35.0 Å². The van der Waals surface area contributed by atoms with Crippen molar-refractivity contribution in [3.8, 4) is 11.4 Å². The van der Waals surface area contributed by atoms with Crippen molar-refractivity contribution in [1.82, 2.24) is 19.9 Å². The molecule has 4 rings (SSSR count). The maximum atomic E-state index is 11.7. The molecule has 7 nitrogen and oxygen atoms in total. The van der Waals surface area contributed by atoms with Gasteiger partial charge in [-0.3, -0.25) is 9.78 Å². The van der Waals surface area contributed by atoms with Crippen LogP contribution in [0.25, 0.3) is 21.6 Å². The molecule has 0 bridgehead atoms. The number of morpholine rings is 1. The molecule has 0 spiro atoms. The van der Waals surface area contributed by atoms with Gasteiger partial charge >= 0.3 is 0 Å². The van der Waals surface area contributed by atoms with Gasteiger partial charge in [-0.1, -0.05) is 0 Å². The predicted molar refractivity (Wildman–Crippen MR) is 111 cm³/mol. The van der Waals surface area contributed by atoms with Crippen molar-refractivity contribution in [2.75, 3.05) is 38.3 Å². The van der Waals surface area contributed by atoms with E-state index in [9.17, 15) is 4.79 Å². The minimum absolute atomic E-state index is 0.0485. The van der Waals surface area contributed by atoms with Gasteiger partial charge in [-0.15, -0.1) is 11.3 Å². The molecule has 3 aromatic heterocycles. The lowest BCUT2D eigenvalue weighted by molar-refractivity contribution is -0.128. The van der Waals surface area contributed by atoms with Crippen molar-refractivity contribution in [2.45, 2.75) is 20.4 Å². The number of aromatic nitrogens is 3. The van der Waals surface area contributed by atoms with E-state index in [-0.39, 0.29) is 5.91 Å². The van der Waals surface area contributed by atoms with Crippen LogP contribution in [-0.4, -0.2) is 59.1 Å². The summed E-state index contributed by atoms with van der Waals surface area (Å²) < 4.78 is 6.59. The topological polar surface area (TPSA) is 71.5 Å². The lowest BCUT2D eigenvalue weighted by Gasteiger charge is -2.28. The molecule has 1 aliphatic rings. The molecule has 3 aromatic rings. The van der Waals surface area contributed by atoms with Crippen LogP contribution in [0.4, 0.5) is 5.82 Å². The van der Waals surface area contributed by atoms with Crippen LogP contribution in [0, 0.1) is 6.92 Å². The average Bonchev–Trinajstić information content (AvgIpc) is 3.04. The molecule has 28 heavy (non-hydrogen) atoms. The molecule has 1 saturated heterocycles. The smallest absolute Gasteiger partial charge is 0.219 e. The number of pyridine rings is 1. The molecule has 1 amide bonds. The highest BCUT2D eigenvalue weighted by molar-refractivity contribution is 7.19. The maximum Gasteiger partial charge on any atom is 0.219 e. The number of carbonyl (C=O) groups excluding carboxylic acids is 1. The molecule has 0 aliphatic carbocycles. The second-order valence-electron chi connectivity index (χ2n) is 6.91. The van der Waals surface area contributed by atoms with E-state index < -0.39 is 0 Å². The molecule has 4 heterocycles. The normalized spacial score (nSPS) is 14.5. The zero-order valence-corrected chi connectivity index (χ0v) is 17.1. The van der Waals surface area contributed by atoms with E-state index >= 15 is 0 Å². The second kappa shape index (κ2) is 7.81. The Morgan fingerprint density at radius 3 is 2.79 bits per heavy atom. The minimum Gasteiger partial charge on any atom is -0.378 e. The number of anilines is 1. The van der Waals surface area contributed by atoms with Gasteiger partial charge in [0.05, 0.1) is 30.0 Å². The summed E-state index contributed by atoms with van der Waals surface area (Å²) in [5, 5.41) is 0. The fourth-order valence-corrected chi connectivity index (χ4v) is 4.53. The first-order valence-corrected chi connectivity index (χ1v) is 10.1. The summed E-state index contributed by atoms with van der Waals surface area (Å²) >= 11 is 1.68. The minimum atomic E-state index is 0.0485. The van der Waals surface area contributed by atoms with Gasteiger partial charge in [0, 0.05) is 49.9 Å². The number of ether oxygens (including phenoxy) is 1. The molecule has 0 N–H and O–H groups in total. The molecule has 8 heteroatoms. The monoisotopic (exact) mass is 397 g/mol. The largest absolute Gasteiger partial charge is 0.378 e. The van der Waals surface area contributed by atoms with Crippen molar-refractivity contribution < 1.29 is 9.53 Å². The number of hydrogen-bond acceptors (Lipinski definition) is 7. The molecule has 1 fully saturated rings. The number of thiophene rings is 1. The molecule has 0 saturated carbocycles. The summed E-state index contributed by atoms with van der Waals surface area (Å²) in [7, 11) is 1.82. The van der Waals surface area contributed by atoms with E-state index in [2.05, 4.69) is 16.8 Å². The first-order chi connectivity index (χ1) is 13.5. The van der Waals surface area contributed by atoms with E-state index in [1.165, 1.54) is 0 Å². The fourth-order valence-electron chi connectivity index (χ4n) is 3.21. The first kappa shape index (κ1) is 18.8. The number of aryl methyl sites for hydroxylation is 1. The van der Waals surface area contributed by atoms with Crippen molar-refractivity contribution in [2.24, 2.45) is 0 Å². The molecule has 0 unspecified atom stereocenters. The van der Waals surface area contributed by atoms with Gasteiger partial charge in [0.15, 0.2) is 11.6 Å². The third-order valence-electron chi connectivity index (χ3n) is 5.00. The van der Waals surface area contributed by atoms with Crippen LogP contribution < -0.4 is 4.90 Å². The third-order valence-corrected chi connectivity index (χ3v) is 6.26. The lowest BCUT2D eigenvalue weighted by atomic mass is 10.2. The molecule has 0 radical (unpaired) electrons. The Hall–Kier alpha value is -2.58. The number of carbonyl (C=O) groups is 1. The van der Waals surface area contributed by atoms with Gasteiger partial charge in [-0.25, -0.2) is 9.97 Å². The zero-order chi connectivity index (χ0) is 19.7. The molecular weight excluding hydrogens is 374 g/mol. The van der Waals surface area contributed by atoms with Gasteiger partial charge in [0.25, 0.3) is 0 Å². The van der Waals surface area contributed by atoms with Crippen LogP contribution in [-0.2, 0) is 16.1 Å². The number of hydrogen-bond donors (Lipinski definition) is 0. The van der Waals surface area contributed by atoms with Crippen molar-refractivity contribution >= 4 is 33.3 Å². The van der Waals surface area contributed by atoms with E-state index in [0.717, 1.165) is 45.1 Å². The number of fused-ring (bicyclic) bond motifs is 1. The standard InChI is InChI=1S/C20H23N5O2S/c1-13-16(12-24(3)14(2)26)28-18-17(13)22-19(15-5-4-6-21-11-15)23-20(18)25-7-9-27-10-8-25/h4-6,11H,7-10,12H2,1-3H3. The van der Waals surface area contributed by atoms with Gasteiger partial charge in [0.2, 0.25) is 5.91 Å². The number of amides is 1. The quantitative estimate of drug-likeness (QED) is 0.674. The van der Waals surface area contributed by atoms with Crippen LogP contribution in [0.3, 0.4) is 0 Å². The second-order valence-corrected chi connectivity index (χ2v) is 8.02. The van der Waals surface area contributed by atoms with Crippen LogP contribution >= 0.6 is 11.3 Å². The zero-order valence-electron chi connectivity index (χ0n) is 16.3. The summed E-state index contributed by atoms with van der Waals surface area (Å²) in [6.45, 7) is 7.23. The van der Waals surface area contributed by atoms with Crippen LogP contribution in [0.1, 0.15) is 17.4 Å². The third kappa shape index (κ3) is 3.57. The highest BCUT2D eigenvalue weighted by Gasteiger charge is 2.22. The molecular formula is C20H23N5O2S. The Morgan fingerprint density at radius 2 is 2.11 bits per heavy atom. The Labute approximate surface area is 168 Å². The van der Waals surface area contributed by atoms with Crippen molar-refractivity contribution in [1.29, 1.82) is 0 Å². The number of rotatable bonds is 4. The van der Waals surface area contributed by atoms with E-state index in [1.807, 2.05) is 19.2 Å². The van der Waals surface area contributed by atoms with E-state index in [1.54, 1.807) is 35.6 Å². The Balaban J connectivity index is 1.86. The SMILES string of the molecule is CC(=O)N(C)Cc1sc2c(N3CCOCC3)nc(-c3cccnc3)nc2c1C. The Kier molecular flexibility index (Phi) is 5.23. The average molecular weight is 398 g/mol. The first-order valence-electron chi connectivity index (χ1n) is 9.29. The van der Waals surface area contributed by atoms with Crippen molar-refractivity contribution in [3.63, 3.8) is 0 Å². The molecule has 0 atom stereocenters. The van der Waals surface area contributed by atoms with Gasteiger partial charge in [0.1, 0.15) is 0 Å². The van der Waals surface area contributed by atoms with E-state index in [4.69, 9.17) is 14.7 Å². The van der Waals surface area contributed by atoms with Gasteiger partial charge in [-0.05, 0) is 24.6 Å². The summed E-state index contributed by atoms with van der Waals surface area (Å²) in [6.07, 6.45) is 3.53. The Bertz CT molecular complexity index is 999. The molecule has 1 aliphatic heterocycles. The van der Waals surface area contributed by atoms with Gasteiger partial charge < -0.3 is 14.5 Å². The highest BCUT2D eigenvalue weighted by Crippen LogP contribution is 2.37. The summed E-state index contributed by atoms with van der Waals surface area (Å²) in [5.41, 5.74) is 2.95. The Morgan fingerprint density at radius 1 is 1.32 bits per heavy atom. The van der Waals surface area contributed by atoms with Crippen LogP contribution in [0.5, 0.6) is 0 Å².